The molecule has 0 bridgehead atoms. The van der Waals surface area contributed by atoms with Crippen molar-refractivity contribution in [2.24, 2.45) is 4.99 Å². The van der Waals surface area contributed by atoms with Gasteiger partial charge in [0.15, 0.2) is 11.6 Å². The number of nitrogens with zero attached hydrogens (tertiary/aromatic N) is 1. The Morgan fingerprint density at radius 2 is 1.91 bits per heavy atom. The molecule has 0 amide bonds. The van der Waals surface area contributed by atoms with Crippen LogP contribution in [0.15, 0.2) is 57.9 Å². The summed E-state index contributed by atoms with van der Waals surface area (Å²) in [6.07, 6.45) is 0. The van der Waals surface area contributed by atoms with Crippen molar-refractivity contribution in [2.45, 2.75) is 0 Å². The zero-order valence-corrected chi connectivity index (χ0v) is 13.2. The maximum atomic E-state index is 6.04. The molecule has 0 atom stereocenters. The SMILES string of the molecule is Cl.Clc1ccc(-c2cccc3cc(C4=NCCN4)oc23)cc1. The first-order valence-corrected chi connectivity index (χ1v) is 7.26. The summed E-state index contributed by atoms with van der Waals surface area (Å²) in [7, 11) is 0. The van der Waals surface area contributed by atoms with E-state index in [4.69, 9.17) is 16.0 Å². The molecule has 0 aliphatic carbocycles. The molecule has 112 valence electrons. The summed E-state index contributed by atoms with van der Waals surface area (Å²) in [6, 6.07) is 16.0. The van der Waals surface area contributed by atoms with Crippen LogP contribution < -0.4 is 5.32 Å². The van der Waals surface area contributed by atoms with Crippen LogP contribution in [0.4, 0.5) is 0 Å². The maximum absolute atomic E-state index is 6.04. The van der Waals surface area contributed by atoms with Gasteiger partial charge in [-0.1, -0.05) is 41.9 Å². The van der Waals surface area contributed by atoms with Gasteiger partial charge in [-0.05, 0) is 23.8 Å². The molecule has 3 aromatic rings. The average molecular weight is 333 g/mol. The van der Waals surface area contributed by atoms with Gasteiger partial charge in [-0.3, -0.25) is 4.99 Å². The Bertz CT molecular complexity index is 837. The van der Waals surface area contributed by atoms with Crippen LogP contribution in [0.3, 0.4) is 0 Å². The molecule has 0 radical (unpaired) electrons. The zero-order chi connectivity index (χ0) is 14.2. The number of fused-ring (bicyclic) bond motifs is 1. The molecule has 1 aliphatic rings. The predicted molar refractivity (Wildman–Crippen MR) is 93.3 cm³/mol. The highest BCUT2D eigenvalue weighted by atomic mass is 35.5. The van der Waals surface area contributed by atoms with E-state index in [1.165, 1.54) is 0 Å². The molecule has 0 saturated heterocycles. The molecular formula is C17H14Cl2N2O. The van der Waals surface area contributed by atoms with E-state index in [0.717, 1.165) is 51.8 Å². The number of nitrogens with one attached hydrogen (secondary N) is 1. The maximum Gasteiger partial charge on any atom is 0.170 e. The highest BCUT2D eigenvalue weighted by Gasteiger charge is 2.15. The van der Waals surface area contributed by atoms with Crippen molar-refractivity contribution >= 4 is 40.8 Å². The molecule has 2 aromatic carbocycles. The highest BCUT2D eigenvalue weighted by Crippen LogP contribution is 2.31. The number of para-hydroxylation sites is 1. The Hall–Kier alpha value is -1.97. The van der Waals surface area contributed by atoms with E-state index in [1.54, 1.807) is 0 Å². The van der Waals surface area contributed by atoms with Crippen LogP contribution in [0.25, 0.3) is 22.1 Å². The summed E-state index contributed by atoms with van der Waals surface area (Å²) in [4.78, 5) is 4.41. The summed E-state index contributed by atoms with van der Waals surface area (Å²) in [5.74, 6) is 1.64. The zero-order valence-electron chi connectivity index (χ0n) is 11.7. The third-order valence-corrected chi connectivity index (χ3v) is 3.86. The predicted octanol–water partition coefficient (Wildman–Crippen LogP) is 4.52. The number of hydrogen-bond acceptors (Lipinski definition) is 3. The summed E-state index contributed by atoms with van der Waals surface area (Å²) < 4.78 is 6.04. The monoisotopic (exact) mass is 332 g/mol. The largest absolute Gasteiger partial charge is 0.452 e. The molecular weight excluding hydrogens is 319 g/mol. The van der Waals surface area contributed by atoms with E-state index in [0.29, 0.717) is 0 Å². The van der Waals surface area contributed by atoms with Gasteiger partial charge >= 0.3 is 0 Å². The van der Waals surface area contributed by atoms with Gasteiger partial charge in [0.2, 0.25) is 0 Å². The van der Waals surface area contributed by atoms with E-state index >= 15 is 0 Å². The minimum atomic E-state index is 0. The number of halogens is 2. The van der Waals surface area contributed by atoms with Crippen molar-refractivity contribution in [1.82, 2.24) is 5.32 Å². The lowest BCUT2D eigenvalue weighted by atomic mass is 10.0. The van der Waals surface area contributed by atoms with Crippen molar-refractivity contribution < 1.29 is 4.42 Å². The van der Waals surface area contributed by atoms with Gasteiger partial charge in [0.25, 0.3) is 0 Å². The Morgan fingerprint density at radius 1 is 1.09 bits per heavy atom. The van der Waals surface area contributed by atoms with Crippen LogP contribution in [-0.4, -0.2) is 18.9 Å². The van der Waals surface area contributed by atoms with E-state index in [2.05, 4.69) is 22.4 Å². The van der Waals surface area contributed by atoms with Gasteiger partial charge in [0.1, 0.15) is 5.58 Å². The normalized spacial score (nSPS) is 13.6. The fraction of sp³-hybridized carbons (Fsp3) is 0.118. The number of benzene rings is 2. The number of aliphatic imine (C=N–C) groups is 1. The minimum absolute atomic E-state index is 0. The van der Waals surface area contributed by atoms with Gasteiger partial charge in [0.05, 0.1) is 6.54 Å². The molecule has 1 aliphatic heterocycles. The number of amidine groups is 1. The molecule has 1 N–H and O–H groups in total. The van der Waals surface area contributed by atoms with Gasteiger partial charge in [-0.15, -0.1) is 12.4 Å². The molecule has 0 saturated carbocycles. The molecule has 3 nitrogen and oxygen atoms in total. The Balaban J connectivity index is 0.00000144. The van der Waals surface area contributed by atoms with E-state index in [1.807, 2.05) is 36.4 Å². The Labute approximate surface area is 139 Å². The van der Waals surface area contributed by atoms with Gasteiger partial charge < -0.3 is 9.73 Å². The quantitative estimate of drug-likeness (QED) is 0.748. The Morgan fingerprint density at radius 3 is 2.64 bits per heavy atom. The molecule has 4 rings (SSSR count). The van der Waals surface area contributed by atoms with Gasteiger partial charge in [-0.2, -0.15) is 0 Å². The van der Waals surface area contributed by atoms with Crippen molar-refractivity contribution in [3.05, 3.63) is 59.3 Å². The fourth-order valence-electron chi connectivity index (χ4n) is 2.60. The molecule has 22 heavy (non-hydrogen) atoms. The Kier molecular flexibility index (Phi) is 4.10. The second-order valence-corrected chi connectivity index (χ2v) is 5.44. The second-order valence-electron chi connectivity index (χ2n) is 5.00. The van der Waals surface area contributed by atoms with Gasteiger partial charge in [0, 0.05) is 22.5 Å². The van der Waals surface area contributed by atoms with Crippen LogP contribution in [0.2, 0.25) is 5.02 Å². The van der Waals surface area contributed by atoms with Crippen molar-refractivity contribution in [2.75, 3.05) is 13.1 Å². The molecule has 0 spiro atoms. The minimum Gasteiger partial charge on any atom is -0.452 e. The van der Waals surface area contributed by atoms with E-state index in [9.17, 15) is 0 Å². The fourth-order valence-corrected chi connectivity index (χ4v) is 2.73. The summed E-state index contributed by atoms with van der Waals surface area (Å²) in [5.41, 5.74) is 3.03. The third kappa shape index (κ3) is 2.58. The number of hydrogen-bond donors (Lipinski definition) is 1. The molecule has 1 aromatic heterocycles. The lowest BCUT2D eigenvalue weighted by Gasteiger charge is -2.03. The highest BCUT2D eigenvalue weighted by molar-refractivity contribution is 6.30. The molecule has 5 heteroatoms. The van der Waals surface area contributed by atoms with Crippen molar-refractivity contribution in [3.63, 3.8) is 0 Å². The van der Waals surface area contributed by atoms with Crippen molar-refractivity contribution in [3.8, 4) is 11.1 Å². The second kappa shape index (κ2) is 6.03. The van der Waals surface area contributed by atoms with Gasteiger partial charge in [-0.25, -0.2) is 0 Å². The van der Waals surface area contributed by atoms with Crippen LogP contribution in [0.1, 0.15) is 5.76 Å². The summed E-state index contributed by atoms with van der Waals surface area (Å²) >= 11 is 5.96. The van der Waals surface area contributed by atoms with Crippen LogP contribution in [0, 0.1) is 0 Å². The first kappa shape index (κ1) is 14.9. The summed E-state index contributed by atoms with van der Waals surface area (Å²) in [6.45, 7) is 1.67. The molecule has 2 heterocycles. The van der Waals surface area contributed by atoms with Crippen LogP contribution in [-0.2, 0) is 0 Å². The first-order valence-electron chi connectivity index (χ1n) is 6.88. The lowest BCUT2D eigenvalue weighted by Crippen LogP contribution is -2.18. The first-order chi connectivity index (χ1) is 10.3. The van der Waals surface area contributed by atoms with Crippen LogP contribution in [0.5, 0.6) is 0 Å². The van der Waals surface area contributed by atoms with Crippen molar-refractivity contribution in [1.29, 1.82) is 0 Å². The number of furan rings is 1. The smallest absolute Gasteiger partial charge is 0.170 e. The topological polar surface area (TPSA) is 37.5 Å². The average Bonchev–Trinajstić information content (AvgIpc) is 3.16. The summed E-state index contributed by atoms with van der Waals surface area (Å²) in [5, 5.41) is 5.05. The lowest BCUT2D eigenvalue weighted by molar-refractivity contribution is 0.603. The standard InChI is InChI=1S/C17H13ClN2O.ClH/c18-13-6-4-11(5-7-13)14-3-1-2-12-10-15(21-16(12)14)17-19-8-9-20-17;/h1-7,10H,8-9H2,(H,19,20);1H. The third-order valence-electron chi connectivity index (χ3n) is 3.61. The molecule has 0 fully saturated rings. The molecule has 0 unspecified atom stereocenters. The van der Waals surface area contributed by atoms with E-state index < -0.39 is 0 Å². The number of rotatable bonds is 2. The van der Waals surface area contributed by atoms with E-state index in [-0.39, 0.29) is 12.4 Å². The van der Waals surface area contributed by atoms with Crippen LogP contribution >= 0.6 is 24.0 Å².